The normalized spacial score (nSPS) is 17.7. The van der Waals surface area contributed by atoms with Crippen LogP contribution in [0.25, 0.3) is 16.8 Å². The van der Waals surface area contributed by atoms with Crippen molar-refractivity contribution in [3.63, 3.8) is 0 Å². The molecule has 4 rings (SSSR count). The Balaban J connectivity index is 2.01. The summed E-state index contributed by atoms with van der Waals surface area (Å²) in [4.78, 5) is 16.8. The molecule has 0 saturated carbocycles. The van der Waals surface area contributed by atoms with Gasteiger partial charge in [-0.25, -0.2) is 9.50 Å². The number of nitrogens with zero attached hydrogens (tertiary/aromatic N) is 3. The SMILES string of the molecule is Cc1nn2c3c(cnc2c1-c1ccccc1)C(=O)C[C@@H](C)C3. The topological polar surface area (TPSA) is 47.3 Å². The van der Waals surface area contributed by atoms with E-state index in [1.807, 2.05) is 29.6 Å². The van der Waals surface area contributed by atoms with Gasteiger partial charge in [0.2, 0.25) is 0 Å². The summed E-state index contributed by atoms with van der Waals surface area (Å²) in [6.07, 6.45) is 3.20. The van der Waals surface area contributed by atoms with Crippen LogP contribution in [0, 0.1) is 12.8 Å². The van der Waals surface area contributed by atoms with Crippen LogP contribution in [0.15, 0.2) is 36.5 Å². The monoisotopic (exact) mass is 291 g/mol. The van der Waals surface area contributed by atoms with E-state index in [9.17, 15) is 4.79 Å². The van der Waals surface area contributed by atoms with Crippen molar-refractivity contribution in [3.05, 3.63) is 53.5 Å². The molecule has 110 valence electrons. The van der Waals surface area contributed by atoms with Crippen molar-refractivity contribution in [2.24, 2.45) is 5.92 Å². The van der Waals surface area contributed by atoms with Gasteiger partial charge in [-0.15, -0.1) is 0 Å². The van der Waals surface area contributed by atoms with Gasteiger partial charge in [-0.2, -0.15) is 5.10 Å². The first-order chi connectivity index (χ1) is 10.6. The molecule has 0 N–H and O–H groups in total. The highest BCUT2D eigenvalue weighted by Gasteiger charge is 2.27. The van der Waals surface area contributed by atoms with Gasteiger partial charge >= 0.3 is 0 Å². The van der Waals surface area contributed by atoms with E-state index in [2.05, 4.69) is 29.1 Å². The maximum absolute atomic E-state index is 12.2. The maximum atomic E-state index is 12.2. The molecule has 1 atom stereocenters. The summed E-state index contributed by atoms with van der Waals surface area (Å²) >= 11 is 0. The summed E-state index contributed by atoms with van der Waals surface area (Å²) in [5, 5.41) is 4.67. The van der Waals surface area contributed by atoms with Crippen LogP contribution in [0.5, 0.6) is 0 Å². The number of ketones is 1. The lowest BCUT2D eigenvalue weighted by molar-refractivity contribution is 0.0951. The summed E-state index contributed by atoms with van der Waals surface area (Å²) in [5.41, 5.74) is 5.67. The number of carbonyl (C=O) groups excluding carboxylic acids is 1. The Morgan fingerprint density at radius 2 is 1.95 bits per heavy atom. The van der Waals surface area contributed by atoms with Crippen LogP contribution in [-0.2, 0) is 6.42 Å². The van der Waals surface area contributed by atoms with Gasteiger partial charge in [0.15, 0.2) is 11.4 Å². The second-order valence-electron chi connectivity index (χ2n) is 6.12. The molecule has 0 radical (unpaired) electrons. The number of benzene rings is 1. The number of Topliss-reactive ketones (excluding diaryl/α,β-unsaturated/α-hetero) is 1. The molecular formula is C18H17N3O. The minimum Gasteiger partial charge on any atom is -0.294 e. The van der Waals surface area contributed by atoms with Gasteiger partial charge in [0, 0.05) is 18.2 Å². The van der Waals surface area contributed by atoms with Crippen molar-refractivity contribution >= 4 is 11.4 Å². The van der Waals surface area contributed by atoms with E-state index in [1.54, 1.807) is 6.20 Å². The van der Waals surface area contributed by atoms with E-state index in [4.69, 9.17) is 0 Å². The Hall–Kier alpha value is -2.49. The van der Waals surface area contributed by atoms with E-state index >= 15 is 0 Å². The number of aromatic nitrogens is 3. The molecule has 0 saturated heterocycles. The molecule has 0 aliphatic heterocycles. The summed E-state index contributed by atoms with van der Waals surface area (Å²) < 4.78 is 1.88. The zero-order valence-electron chi connectivity index (χ0n) is 12.7. The van der Waals surface area contributed by atoms with Crippen LogP contribution < -0.4 is 0 Å². The van der Waals surface area contributed by atoms with Crippen LogP contribution in [0.4, 0.5) is 0 Å². The van der Waals surface area contributed by atoms with Gasteiger partial charge in [0.05, 0.1) is 17.0 Å². The Morgan fingerprint density at radius 3 is 2.73 bits per heavy atom. The van der Waals surface area contributed by atoms with Gasteiger partial charge in [0.1, 0.15) is 0 Å². The van der Waals surface area contributed by atoms with Gasteiger partial charge in [-0.3, -0.25) is 4.79 Å². The van der Waals surface area contributed by atoms with Crippen LogP contribution >= 0.6 is 0 Å². The third kappa shape index (κ3) is 1.87. The molecule has 0 amide bonds. The fraction of sp³-hybridized carbons (Fsp3) is 0.278. The second kappa shape index (κ2) is 4.77. The van der Waals surface area contributed by atoms with Crippen molar-refractivity contribution in [1.82, 2.24) is 14.6 Å². The summed E-state index contributed by atoms with van der Waals surface area (Å²) in [6, 6.07) is 10.2. The third-order valence-electron chi connectivity index (χ3n) is 4.36. The summed E-state index contributed by atoms with van der Waals surface area (Å²) in [7, 11) is 0. The van der Waals surface area contributed by atoms with Crippen molar-refractivity contribution < 1.29 is 4.79 Å². The van der Waals surface area contributed by atoms with Crippen LogP contribution in [0.2, 0.25) is 0 Å². The van der Waals surface area contributed by atoms with E-state index in [-0.39, 0.29) is 5.78 Å². The zero-order valence-corrected chi connectivity index (χ0v) is 12.7. The lowest BCUT2D eigenvalue weighted by Crippen LogP contribution is -2.21. The molecule has 2 heterocycles. The minimum atomic E-state index is 0.178. The maximum Gasteiger partial charge on any atom is 0.166 e. The minimum absolute atomic E-state index is 0.178. The highest BCUT2D eigenvalue weighted by Crippen LogP contribution is 2.31. The molecule has 2 aromatic heterocycles. The van der Waals surface area contributed by atoms with E-state index in [1.165, 1.54) is 0 Å². The second-order valence-corrected chi connectivity index (χ2v) is 6.12. The number of carbonyl (C=O) groups is 1. The summed E-state index contributed by atoms with van der Waals surface area (Å²) in [5.74, 6) is 0.535. The fourth-order valence-corrected chi connectivity index (χ4v) is 3.34. The Morgan fingerprint density at radius 1 is 1.18 bits per heavy atom. The lowest BCUT2D eigenvalue weighted by Gasteiger charge is -2.20. The molecule has 0 unspecified atom stereocenters. The molecule has 4 heteroatoms. The smallest absolute Gasteiger partial charge is 0.166 e. The number of hydrogen-bond donors (Lipinski definition) is 0. The Bertz CT molecular complexity index is 880. The van der Waals surface area contributed by atoms with E-state index in [0.29, 0.717) is 12.3 Å². The van der Waals surface area contributed by atoms with Crippen molar-refractivity contribution in [2.45, 2.75) is 26.7 Å². The Labute approximate surface area is 128 Å². The third-order valence-corrected chi connectivity index (χ3v) is 4.36. The van der Waals surface area contributed by atoms with Crippen LogP contribution in [-0.4, -0.2) is 20.4 Å². The highest BCUT2D eigenvalue weighted by molar-refractivity contribution is 5.98. The molecule has 1 aliphatic carbocycles. The number of hydrogen-bond acceptors (Lipinski definition) is 3. The molecule has 0 bridgehead atoms. The number of aryl methyl sites for hydroxylation is 1. The van der Waals surface area contributed by atoms with Crippen LogP contribution in [0.3, 0.4) is 0 Å². The Kier molecular flexibility index (Phi) is 2.86. The van der Waals surface area contributed by atoms with Gasteiger partial charge < -0.3 is 0 Å². The predicted octanol–water partition coefficient (Wildman–Crippen LogP) is 3.47. The number of fused-ring (bicyclic) bond motifs is 3. The first-order valence-corrected chi connectivity index (χ1v) is 7.61. The molecule has 1 aromatic carbocycles. The summed E-state index contributed by atoms with van der Waals surface area (Å²) in [6.45, 7) is 4.11. The van der Waals surface area contributed by atoms with E-state index in [0.717, 1.165) is 40.1 Å². The van der Waals surface area contributed by atoms with E-state index < -0.39 is 0 Å². The lowest BCUT2D eigenvalue weighted by atomic mass is 9.88. The van der Waals surface area contributed by atoms with Crippen molar-refractivity contribution in [3.8, 4) is 11.1 Å². The molecule has 4 nitrogen and oxygen atoms in total. The first kappa shape index (κ1) is 13.2. The molecule has 0 fully saturated rings. The molecule has 22 heavy (non-hydrogen) atoms. The molecular weight excluding hydrogens is 274 g/mol. The van der Waals surface area contributed by atoms with Crippen LogP contribution in [0.1, 0.15) is 35.1 Å². The number of rotatable bonds is 1. The average molecular weight is 291 g/mol. The van der Waals surface area contributed by atoms with Gasteiger partial charge in [-0.1, -0.05) is 37.3 Å². The predicted molar refractivity (Wildman–Crippen MR) is 85.0 cm³/mol. The van der Waals surface area contributed by atoms with Crippen molar-refractivity contribution in [2.75, 3.05) is 0 Å². The quantitative estimate of drug-likeness (QED) is 0.689. The van der Waals surface area contributed by atoms with Gasteiger partial charge in [0.25, 0.3) is 0 Å². The molecule has 0 spiro atoms. The average Bonchev–Trinajstić information content (AvgIpc) is 2.84. The molecule has 1 aliphatic rings. The standard InChI is InChI=1S/C18H17N3O/c1-11-8-15-14(16(22)9-11)10-19-18-17(12(2)20-21(15)18)13-6-4-3-5-7-13/h3-7,10-11H,8-9H2,1-2H3/t11-/m0/s1. The first-order valence-electron chi connectivity index (χ1n) is 7.61. The zero-order chi connectivity index (χ0) is 15.3. The van der Waals surface area contributed by atoms with Crippen molar-refractivity contribution in [1.29, 1.82) is 0 Å². The largest absolute Gasteiger partial charge is 0.294 e. The fourth-order valence-electron chi connectivity index (χ4n) is 3.34. The molecule has 3 aromatic rings. The highest BCUT2D eigenvalue weighted by atomic mass is 16.1. The van der Waals surface area contributed by atoms with Gasteiger partial charge in [-0.05, 0) is 24.8 Å².